The largest absolute Gasteiger partial charge is 0.507 e. The minimum Gasteiger partial charge on any atom is -0.507 e. The summed E-state index contributed by atoms with van der Waals surface area (Å²) in [6, 6.07) is 41.2. The summed E-state index contributed by atoms with van der Waals surface area (Å²) in [4.78, 5) is 9.72. The molecule has 0 spiro atoms. The van der Waals surface area contributed by atoms with Crippen molar-refractivity contribution >= 4 is 11.0 Å². The number of aryl methyl sites for hydroxylation is 1. The first kappa shape index (κ1) is 22.0. The minimum absolute atomic E-state index is 0. The summed E-state index contributed by atoms with van der Waals surface area (Å²) < 4.78 is 259. The van der Waals surface area contributed by atoms with Crippen LogP contribution in [0.2, 0.25) is 0 Å². The third kappa shape index (κ3) is 9.09. The molecule has 0 aliphatic carbocycles. The second kappa shape index (κ2) is 17.8. The van der Waals surface area contributed by atoms with Crippen molar-refractivity contribution in [3.8, 4) is 78.6 Å². The summed E-state index contributed by atoms with van der Waals surface area (Å²) >= 11 is 0. The summed E-state index contributed by atoms with van der Waals surface area (Å²) in [6.07, 6.45) is 1.43. The normalized spacial score (nSPS) is 20.7. The Morgan fingerprint density at radius 2 is 1.20 bits per heavy atom. The molecule has 4 nitrogen and oxygen atoms in total. The van der Waals surface area contributed by atoms with Gasteiger partial charge in [0, 0.05) is 85.2 Å². The average Bonchev–Trinajstić information content (AvgIpc) is 0.836. The molecule has 334 valence electrons. The van der Waals surface area contributed by atoms with Gasteiger partial charge in [0.2, 0.25) is 0 Å². The average molecular weight is 1070 g/mol. The van der Waals surface area contributed by atoms with Gasteiger partial charge >= 0.3 is 0 Å². The zero-order valence-corrected chi connectivity index (χ0v) is 37.0. The molecule has 0 radical (unpaired) electrons. The molecule has 9 rings (SSSR count). The molecule has 0 fully saturated rings. The number of phenols is 1. The second-order valence-corrected chi connectivity index (χ2v) is 15.8. The minimum atomic E-state index is -4.28. The number of aromatic nitrogens is 3. The van der Waals surface area contributed by atoms with Gasteiger partial charge in [0.15, 0.2) is 0 Å². The molecule has 0 aliphatic rings. The van der Waals surface area contributed by atoms with Crippen LogP contribution in [0.25, 0.3) is 83.9 Å². The predicted molar refractivity (Wildman–Crippen MR) is 273 cm³/mol. The van der Waals surface area contributed by atoms with Gasteiger partial charge in [-0.05, 0) is 86.8 Å². The first-order valence-corrected chi connectivity index (χ1v) is 20.2. The monoisotopic (exact) mass is 1070 g/mol. The zero-order valence-electron chi connectivity index (χ0n) is 64.7. The summed E-state index contributed by atoms with van der Waals surface area (Å²) in [6.45, 7) is -38.7. The fourth-order valence-electron chi connectivity index (χ4n) is 7.95. The van der Waals surface area contributed by atoms with E-state index in [1.54, 1.807) is 91.0 Å². The van der Waals surface area contributed by atoms with Gasteiger partial charge in [-0.2, -0.15) is 0 Å². The summed E-state index contributed by atoms with van der Waals surface area (Å²) in [7, 11) is 0. The Balaban J connectivity index is 0.0000118. The Morgan fingerprint density at radius 1 is 0.530 bits per heavy atom. The summed E-state index contributed by atoms with van der Waals surface area (Å²) in [5.74, 6) is -2.19. The van der Waals surface area contributed by atoms with E-state index in [-0.39, 0.29) is 77.4 Å². The van der Waals surface area contributed by atoms with Crippen molar-refractivity contribution in [3.05, 3.63) is 192 Å². The fraction of sp³-hybridized carbons (Fsp3) is 0.213. The summed E-state index contributed by atoms with van der Waals surface area (Å²) in [5.41, 5.74) is -13.2. The number of benzene rings is 7. The predicted octanol–water partition coefficient (Wildman–Crippen LogP) is 16.1. The number of imidazole rings is 1. The maximum Gasteiger partial charge on any atom is 0.148 e. The van der Waals surface area contributed by atoms with Gasteiger partial charge in [0.1, 0.15) is 11.6 Å². The fourth-order valence-corrected chi connectivity index (χ4v) is 7.95. The van der Waals surface area contributed by atoms with E-state index >= 15 is 0 Å². The van der Waals surface area contributed by atoms with E-state index < -0.39 is 119 Å². The van der Waals surface area contributed by atoms with E-state index in [0.717, 1.165) is 12.1 Å². The van der Waals surface area contributed by atoms with Crippen LogP contribution in [-0.2, 0) is 37.3 Å². The van der Waals surface area contributed by atoms with Gasteiger partial charge in [0.05, 0.1) is 22.3 Å². The standard InChI is InChI=1S/C61H58N3O.Pt/c1-39-24-29-54(50(32-39)42-20-15-12-16-21-42)64-55-23-17-22-49(56(55)63-58(64)51-37-48(60(5,6)7)38-52(57(51)65)61(8,9)10)45-33-44(40-18-13-11-14-19-40)34-46(35-45)53-36-43(30-31-62-53)41-25-27-47(28-26-41)59(2,3)4;/h11-34,36-38,65H,1-10H3;/q-1;/i1D3,2D3,3D3,4D3,5D3,6D3,7D3,8D3,9D3,10D3;. The van der Waals surface area contributed by atoms with Crippen LogP contribution in [-0.4, -0.2) is 19.6 Å². The number of phenolic OH excluding ortho intramolecular Hbond substituents is 1. The van der Waals surface area contributed by atoms with E-state index in [4.69, 9.17) is 46.1 Å². The van der Waals surface area contributed by atoms with Gasteiger partial charge in [-0.25, -0.2) is 4.98 Å². The molecule has 0 aliphatic heterocycles. The molecule has 0 unspecified atom stereocenters. The van der Waals surface area contributed by atoms with Crippen LogP contribution in [0.15, 0.2) is 164 Å². The van der Waals surface area contributed by atoms with E-state index in [0.29, 0.717) is 33.9 Å². The molecule has 2 heterocycles. The third-order valence-electron chi connectivity index (χ3n) is 11.1. The number of pyridine rings is 1. The maximum absolute atomic E-state index is 13.1. The van der Waals surface area contributed by atoms with E-state index in [1.807, 2.05) is 0 Å². The Labute approximate surface area is 447 Å². The van der Waals surface area contributed by atoms with Gasteiger partial charge < -0.3 is 5.11 Å². The van der Waals surface area contributed by atoms with Gasteiger partial charge in [-0.15, -0.1) is 23.8 Å². The molecule has 0 atom stereocenters. The van der Waals surface area contributed by atoms with Crippen LogP contribution in [0.3, 0.4) is 0 Å². The van der Waals surface area contributed by atoms with Crippen molar-refractivity contribution in [3.63, 3.8) is 0 Å². The van der Waals surface area contributed by atoms with Crippen LogP contribution in [0.4, 0.5) is 0 Å². The van der Waals surface area contributed by atoms with Crippen molar-refractivity contribution in [2.24, 2.45) is 0 Å². The van der Waals surface area contributed by atoms with Crippen molar-refractivity contribution in [2.45, 2.75) is 84.8 Å². The van der Waals surface area contributed by atoms with Gasteiger partial charge in [-0.3, -0.25) is 9.55 Å². The van der Waals surface area contributed by atoms with Crippen LogP contribution in [0.5, 0.6) is 5.75 Å². The molecule has 0 amide bonds. The molecule has 1 N–H and O–H groups in total. The summed E-state index contributed by atoms with van der Waals surface area (Å²) in [5, 5.41) is 13.1. The van der Waals surface area contributed by atoms with Crippen LogP contribution in [0.1, 0.15) is 125 Å². The van der Waals surface area contributed by atoms with E-state index in [1.165, 1.54) is 53.2 Å². The van der Waals surface area contributed by atoms with Crippen LogP contribution >= 0.6 is 0 Å². The van der Waals surface area contributed by atoms with Crippen LogP contribution in [0, 0.1) is 12.9 Å². The zero-order chi connectivity index (χ0) is 70.8. The Hall–Kier alpha value is -6.35. The quantitative estimate of drug-likeness (QED) is 0.162. The molecule has 2 aromatic heterocycles. The van der Waals surface area contributed by atoms with Crippen molar-refractivity contribution < 1.29 is 67.3 Å². The molecule has 5 heteroatoms. The Kier molecular flexibility index (Phi) is 5.92. The Morgan fingerprint density at radius 3 is 1.89 bits per heavy atom. The van der Waals surface area contributed by atoms with Gasteiger partial charge in [0.25, 0.3) is 0 Å². The van der Waals surface area contributed by atoms with Crippen LogP contribution < -0.4 is 0 Å². The van der Waals surface area contributed by atoms with Crippen molar-refractivity contribution in [2.75, 3.05) is 0 Å². The maximum atomic E-state index is 13.1. The second-order valence-electron chi connectivity index (χ2n) is 15.8. The molecule has 7 aromatic carbocycles. The third-order valence-corrected chi connectivity index (χ3v) is 11.1. The first-order valence-electron chi connectivity index (χ1n) is 35.2. The van der Waals surface area contributed by atoms with Gasteiger partial charge in [-0.1, -0.05) is 199 Å². The van der Waals surface area contributed by atoms with E-state index in [2.05, 4.69) is 11.1 Å². The molecule has 66 heavy (non-hydrogen) atoms. The topological polar surface area (TPSA) is 50.9 Å². The smallest absolute Gasteiger partial charge is 0.148 e. The molecule has 0 saturated heterocycles. The number of fused-ring (bicyclic) bond motifs is 1. The molecular formula is C61H58N3OPt-. The van der Waals surface area contributed by atoms with E-state index in [9.17, 15) is 5.11 Å². The van der Waals surface area contributed by atoms with Crippen molar-refractivity contribution in [1.82, 2.24) is 14.5 Å². The number of nitrogens with zero attached hydrogens (tertiary/aromatic N) is 3. The number of aromatic hydroxyl groups is 1. The SMILES string of the molecule is [2H]C([2H])([2H])c1ccc(-n2c(-c3cc(C(C([2H])([2H])[2H])(C([2H])([2H])[2H])C([2H])([2H])[2H])cc(C(C([2H])([2H])[2H])(C([2H])([2H])[2H])C([2H])([2H])[2H])c3O)nc3c(-c4[c-]c(-c5cc(-c6ccc(C(C([2H])([2H])[2H])(C([2H])([2H])[2H])C([2H])([2H])[2H])cc6)ccn5)cc(-c5ccccc5)c4)cccc32)c(-c2ccccc2)c1.[Pt]. The number of rotatable bonds is 7. The molecule has 9 aromatic rings. The van der Waals surface area contributed by atoms with Crippen molar-refractivity contribution in [1.29, 1.82) is 0 Å². The Bertz CT molecular complexity index is 4230. The molecular weight excluding hydrogens is 986 g/mol. The molecule has 0 bridgehead atoms. The number of hydrogen-bond donors (Lipinski definition) is 1. The first-order chi connectivity index (χ1) is 43.4. The number of hydrogen-bond acceptors (Lipinski definition) is 3. The molecule has 0 saturated carbocycles. The number of para-hydroxylation sites is 1.